The molecule has 1 aromatic carbocycles. The Kier molecular flexibility index (Phi) is 4.28. The smallest absolute Gasteiger partial charge is 0.293 e. The summed E-state index contributed by atoms with van der Waals surface area (Å²) in [6, 6.07) is 13.5. The number of hydrogen-bond donors (Lipinski definition) is 0. The van der Waals surface area contributed by atoms with Crippen LogP contribution in [0, 0.1) is 0 Å². The molecule has 1 fully saturated rings. The van der Waals surface area contributed by atoms with Crippen molar-refractivity contribution >= 4 is 17.2 Å². The average molecular weight is 354 g/mol. The Balaban J connectivity index is 1.55. The van der Waals surface area contributed by atoms with Gasteiger partial charge < -0.3 is 14.2 Å². The molecule has 1 aliphatic rings. The Morgan fingerprint density at radius 2 is 2.16 bits per heavy atom. The van der Waals surface area contributed by atoms with Crippen LogP contribution in [-0.4, -0.2) is 29.6 Å². The number of thiophene rings is 1. The first-order chi connectivity index (χ1) is 12.3. The number of nitrogens with zero attached hydrogens (tertiary/aromatic N) is 2. The molecule has 6 heteroatoms. The number of likely N-dealkylation sites (tertiary alicyclic amines) is 1. The SMILES string of the molecule is COc1ccc(-c2cc(C(=O)N3CCC[C@H]3c3cccs3)on2)cc1. The molecule has 0 saturated carbocycles. The van der Waals surface area contributed by atoms with Crippen molar-refractivity contribution in [3.8, 4) is 17.0 Å². The number of hydrogen-bond acceptors (Lipinski definition) is 5. The molecular weight excluding hydrogens is 336 g/mol. The summed E-state index contributed by atoms with van der Waals surface area (Å²) >= 11 is 1.69. The van der Waals surface area contributed by atoms with Gasteiger partial charge in [-0.25, -0.2) is 0 Å². The summed E-state index contributed by atoms with van der Waals surface area (Å²) in [4.78, 5) is 16.0. The number of amides is 1. The number of methoxy groups -OCH3 is 1. The van der Waals surface area contributed by atoms with Crippen LogP contribution in [-0.2, 0) is 0 Å². The molecule has 4 rings (SSSR count). The zero-order valence-electron chi connectivity index (χ0n) is 13.8. The Labute approximate surface area is 149 Å². The van der Waals surface area contributed by atoms with Gasteiger partial charge in [0.2, 0.25) is 5.76 Å². The van der Waals surface area contributed by atoms with Crippen LogP contribution in [0.4, 0.5) is 0 Å². The highest BCUT2D eigenvalue weighted by Gasteiger charge is 2.33. The second-order valence-corrected chi connectivity index (χ2v) is 6.96. The van der Waals surface area contributed by atoms with Crippen molar-refractivity contribution in [1.82, 2.24) is 10.1 Å². The highest BCUT2D eigenvalue weighted by atomic mass is 32.1. The predicted octanol–water partition coefficient (Wildman–Crippen LogP) is 4.39. The van der Waals surface area contributed by atoms with E-state index < -0.39 is 0 Å². The lowest BCUT2D eigenvalue weighted by Gasteiger charge is -2.22. The highest BCUT2D eigenvalue weighted by molar-refractivity contribution is 7.10. The van der Waals surface area contributed by atoms with E-state index in [1.165, 1.54) is 4.88 Å². The zero-order valence-corrected chi connectivity index (χ0v) is 14.7. The molecule has 0 unspecified atom stereocenters. The summed E-state index contributed by atoms with van der Waals surface area (Å²) in [6.07, 6.45) is 2.00. The van der Waals surface area contributed by atoms with Crippen LogP contribution in [0.5, 0.6) is 5.75 Å². The minimum Gasteiger partial charge on any atom is -0.497 e. The molecule has 3 heterocycles. The van der Waals surface area contributed by atoms with Gasteiger partial charge >= 0.3 is 0 Å². The summed E-state index contributed by atoms with van der Waals surface area (Å²) < 4.78 is 10.5. The van der Waals surface area contributed by atoms with Gasteiger partial charge in [-0.3, -0.25) is 4.79 Å². The van der Waals surface area contributed by atoms with Crippen LogP contribution in [0.1, 0.15) is 34.3 Å². The lowest BCUT2D eigenvalue weighted by atomic mass is 10.1. The van der Waals surface area contributed by atoms with Gasteiger partial charge in [0.1, 0.15) is 11.4 Å². The lowest BCUT2D eigenvalue weighted by Crippen LogP contribution is -2.29. The average Bonchev–Trinajstić information content (AvgIpc) is 3.42. The number of carbonyl (C=O) groups excluding carboxylic acids is 1. The first-order valence-corrected chi connectivity index (χ1v) is 9.10. The van der Waals surface area contributed by atoms with Crippen LogP contribution >= 0.6 is 11.3 Å². The van der Waals surface area contributed by atoms with E-state index in [2.05, 4.69) is 11.2 Å². The van der Waals surface area contributed by atoms with Crippen LogP contribution < -0.4 is 4.74 Å². The Hall–Kier alpha value is -2.60. The zero-order chi connectivity index (χ0) is 17.2. The van der Waals surface area contributed by atoms with Gasteiger partial charge in [-0.05, 0) is 48.6 Å². The molecule has 0 spiro atoms. The van der Waals surface area contributed by atoms with Crippen molar-refractivity contribution in [3.05, 3.63) is 58.5 Å². The summed E-state index contributed by atoms with van der Waals surface area (Å²) in [7, 11) is 1.63. The highest BCUT2D eigenvalue weighted by Crippen LogP contribution is 2.35. The number of benzene rings is 1. The summed E-state index contributed by atoms with van der Waals surface area (Å²) in [6.45, 7) is 0.750. The molecule has 25 heavy (non-hydrogen) atoms. The standard InChI is InChI=1S/C19H18N2O3S/c1-23-14-8-6-13(7-9-14)15-12-17(24-20-15)19(22)21-10-2-4-16(21)18-5-3-11-25-18/h3,5-9,11-12,16H,2,4,10H2,1H3/t16-/m0/s1. The monoisotopic (exact) mass is 354 g/mol. The second-order valence-electron chi connectivity index (χ2n) is 5.98. The topological polar surface area (TPSA) is 55.6 Å². The predicted molar refractivity (Wildman–Crippen MR) is 95.8 cm³/mol. The molecule has 128 valence electrons. The maximum Gasteiger partial charge on any atom is 0.293 e. The molecule has 5 nitrogen and oxygen atoms in total. The van der Waals surface area contributed by atoms with Crippen LogP contribution in [0.3, 0.4) is 0 Å². The van der Waals surface area contributed by atoms with Crippen molar-refractivity contribution in [1.29, 1.82) is 0 Å². The van der Waals surface area contributed by atoms with Gasteiger partial charge in [-0.15, -0.1) is 11.3 Å². The fraction of sp³-hybridized carbons (Fsp3) is 0.263. The second kappa shape index (κ2) is 6.72. The quantitative estimate of drug-likeness (QED) is 0.697. The maximum atomic E-state index is 12.9. The molecule has 1 atom stereocenters. The van der Waals surface area contributed by atoms with Gasteiger partial charge in [0.05, 0.1) is 13.2 Å². The van der Waals surface area contributed by atoms with Crippen molar-refractivity contribution in [3.63, 3.8) is 0 Å². The van der Waals surface area contributed by atoms with E-state index in [1.54, 1.807) is 24.5 Å². The molecule has 1 aliphatic heterocycles. The van der Waals surface area contributed by atoms with E-state index in [0.29, 0.717) is 5.69 Å². The molecule has 2 aromatic heterocycles. The van der Waals surface area contributed by atoms with Crippen molar-refractivity contribution in [2.24, 2.45) is 0 Å². The van der Waals surface area contributed by atoms with Gasteiger partial charge in [0, 0.05) is 23.1 Å². The third-order valence-electron chi connectivity index (χ3n) is 4.49. The maximum absolute atomic E-state index is 12.9. The molecule has 0 N–H and O–H groups in total. The Bertz CT molecular complexity index is 855. The Morgan fingerprint density at radius 3 is 2.88 bits per heavy atom. The fourth-order valence-corrected chi connectivity index (χ4v) is 4.08. The van der Waals surface area contributed by atoms with Crippen LogP contribution in [0.2, 0.25) is 0 Å². The number of ether oxygens (including phenoxy) is 1. The molecule has 0 bridgehead atoms. The van der Waals surface area contributed by atoms with Crippen molar-refractivity contribution in [2.75, 3.05) is 13.7 Å². The summed E-state index contributed by atoms with van der Waals surface area (Å²) in [5, 5.41) is 6.11. The van der Waals surface area contributed by atoms with E-state index in [9.17, 15) is 4.79 Å². The number of rotatable bonds is 4. The summed E-state index contributed by atoms with van der Waals surface area (Å²) in [5.41, 5.74) is 1.54. The molecule has 3 aromatic rings. The number of aromatic nitrogens is 1. The minimum atomic E-state index is -0.0943. The van der Waals surface area contributed by atoms with E-state index in [-0.39, 0.29) is 17.7 Å². The van der Waals surface area contributed by atoms with Gasteiger partial charge in [-0.2, -0.15) is 0 Å². The van der Waals surface area contributed by atoms with Gasteiger partial charge in [0.25, 0.3) is 5.91 Å². The van der Waals surface area contributed by atoms with E-state index in [1.807, 2.05) is 40.6 Å². The fourth-order valence-electron chi connectivity index (χ4n) is 3.20. The van der Waals surface area contributed by atoms with Gasteiger partial charge in [0.15, 0.2) is 0 Å². The molecular formula is C19H18N2O3S. The van der Waals surface area contributed by atoms with Gasteiger partial charge in [-0.1, -0.05) is 11.2 Å². The normalized spacial score (nSPS) is 17.0. The van der Waals surface area contributed by atoms with Crippen molar-refractivity contribution < 1.29 is 14.1 Å². The lowest BCUT2D eigenvalue weighted by molar-refractivity contribution is 0.0695. The van der Waals surface area contributed by atoms with Crippen molar-refractivity contribution in [2.45, 2.75) is 18.9 Å². The minimum absolute atomic E-state index is 0.0943. The molecule has 0 aliphatic carbocycles. The summed E-state index contributed by atoms with van der Waals surface area (Å²) in [5.74, 6) is 0.969. The molecule has 1 saturated heterocycles. The van der Waals surface area contributed by atoms with E-state index in [4.69, 9.17) is 9.26 Å². The first-order valence-electron chi connectivity index (χ1n) is 8.22. The van der Waals surface area contributed by atoms with Crippen LogP contribution in [0.25, 0.3) is 11.3 Å². The Morgan fingerprint density at radius 1 is 1.32 bits per heavy atom. The van der Waals surface area contributed by atoms with E-state index >= 15 is 0 Å². The first kappa shape index (κ1) is 15.9. The molecule has 1 amide bonds. The number of carbonyl (C=O) groups is 1. The molecule has 0 radical (unpaired) electrons. The largest absolute Gasteiger partial charge is 0.497 e. The third-order valence-corrected chi connectivity index (χ3v) is 5.47. The van der Waals surface area contributed by atoms with Crippen LogP contribution in [0.15, 0.2) is 52.4 Å². The third kappa shape index (κ3) is 3.05. The van der Waals surface area contributed by atoms with E-state index in [0.717, 1.165) is 30.7 Å².